The Morgan fingerprint density at radius 1 is 1.03 bits per heavy atom. The third kappa shape index (κ3) is 5.57. The average molecular weight is 446 g/mol. The Balaban J connectivity index is 1.28. The second kappa shape index (κ2) is 10.0. The third-order valence-electron chi connectivity index (χ3n) is 4.51. The smallest absolute Gasteiger partial charge is 0.207 e. The van der Waals surface area contributed by atoms with Crippen LogP contribution in [0.1, 0.15) is 0 Å². The minimum absolute atomic E-state index is 0.144. The molecule has 2 heterocycles. The fourth-order valence-corrected chi connectivity index (χ4v) is 4.13. The summed E-state index contributed by atoms with van der Waals surface area (Å²) in [4.78, 5) is 2.16. The summed E-state index contributed by atoms with van der Waals surface area (Å²) in [6.07, 6.45) is -0.725. The van der Waals surface area contributed by atoms with Gasteiger partial charge in [0.25, 0.3) is 0 Å². The van der Waals surface area contributed by atoms with Crippen molar-refractivity contribution in [3.8, 4) is 17.2 Å². The monoisotopic (exact) mass is 445 g/mol. The van der Waals surface area contributed by atoms with Crippen molar-refractivity contribution in [3.63, 3.8) is 0 Å². The van der Waals surface area contributed by atoms with Gasteiger partial charge in [0, 0.05) is 13.1 Å². The molecule has 1 atom stereocenters. The number of ether oxygens (including phenoxy) is 3. The molecular weight excluding hydrogens is 422 g/mol. The minimum atomic E-state index is -0.725. The van der Waals surface area contributed by atoms with Gasteiger partial charge in [-0.05, 0) is 48.6 Å². The predicted molar refractivity (Wildman–Crippen MR) is 118 cm³/mol. The number of nitrogens with zero attached hydrogens (tertiary/aromatic N) is 3. The topological polar surface area (TPSA) is 69.0 Å². The molecule has 0 saturated carbocycles. The van der Waals surface area contributed by atoms with Crippen LogP contribution in [0, 0.1) is 3.95 Å². The molecular formula is C21H23N3O4S2. The van der Waals surface area contributed by atoms with Crippen LogP contribution in [0.15, 0.2) is 54.6 Å². The first-order valence-electron chi connectivity index (χ1n) is 9.72. The average Bonchev–Trinajstić information content (AvgIpc) is 3.15. The number of aliphatic hydroxyl groups excluding tert-OH is 1. The summed E-state index contributed by atoms with van der Waals surface area (Å²) >= 11 is 6.85. The first kappa shape index (κ1) is 20.8. The molecule has 1 saturated heterocycles. The second-order valence-electron chi connectivity index (χ2n) is 6.78. The molecule has 4 rings (SSSR count). The van der Waals surface area contributed by atoms with Crippen LogP contribution in [0.4, 0.5) is 5.13 Å². The van der Waals surface area contributed by atoms with E-state index in [0.717, 1.165) is 29.7 Å². The molecule has 0 unspecified atom stereocenters. The highest BCUT2D eigenvalue weighted by Crippen LogP contribution is 2.24. The van der Waals surface area contributed by atoms with Crippen molar-refractivity contribution >= 4 is 28.7 Å². The van der Waals surface area contributed by atoms with E-state index < -0.39 is 6.10 Å². The standard InChI is InChI=1S/C21H23N3O4S2/c25-16(14-24-21(29)30-20(22-24)23-10-12-26-13-11-23)15-27-17-6-8-19(9-7-17)28-18-4-2-1-3-5-18/h1-9,16,25H,10-15H2/t16-/m0/s1. The summed E-state index contributed by atoms with van der Waals surface area (Å²) in [5.74, 6) is 2.15. The van der Waals surface area contributed by atoms with Crippen LogP contribution in [0.5, 0.6) is 17.2 Å². The number of hydrogen-bond donors (Lipinski definition) is 1. The van der Waals surface area contributed by atoms with Gasteiger partial charge in [0.15, 0.2) is 3.95 Å². The van der Waals surface area contributed by atoms with Crippen LogP contribution in [0.2, 0.25) is 0 Å². The van der Waals surface area contributed by atoms with Crippen molar-refractivity contribution in [2.45, 2.75) is 12.6 Å². The van der Waals surface area contributed by atoms with Gasteiger partial charge in [-0.1, -0.05) is 29.5 Å². The molecule has 1 aliphatic heterocycles. The number of hydrogen-bond acceptors (Lipinski definition) is 8. The van der Waals surface area contributed by atoms with E-state index in [1.807, 2.05) is 54.6 Å². The Morgan fingerprint density at radius 2 is 1.70 bits per heavy atom. The van der Waals surface area contributed by atoms with Crippen molar-refractivity contribution < 1.29 is 19.3 Å². The molecule has 2 aromatic carbocycles. The number of benzene rings is 2. The third-order valence-corrected chi connectivity index (χ3v) is 5.87. The highest BCUT2D eigenvalue weighted by molar-refractivity contribution is 7.73. The first-order valence-corrected chi connectivity index (χ1v) is 10.9. The largest absolute Gasteiger partial charge is 0.491 e. The van der Waals surface area contributed by atoms with E-state index in [1.165, 1.54) is 11.3 Å². The lowest BCUT2D eigenvalue weighted by atomic mass is 10.3. The molecule has 0 amide bonds. The number of aliphatic hydroxyl groups is 1. The number of morpholine rings is 1. The Labute approximate surface area is 184 Å². The van der Waals surface area contributed by atoms with E-state index in [2.05, 4.69) is 10.00 Å². The van der Waals surface area contributed by atoms with Crippen molar-refractivity contribution in [1.82, 2.24) is 9.78 Å². The molecule has 3 aromatic rings. The lowest BCUT2D eigenvalue weighted by Gasteiger charge is -2.25. The number of anilines is 1. The fourth-order valence-electron chi connectivity index (χ4n) is 2.97. The number of para-hydroxylation sites is 1. The van der Waals surface area contributed by atoms with E-state index in [9.17, 15) is 5.11 Å². The molecule has 0 aliphatic carbocycles. The predicted octanol–water partition coefficient (Wildman–Crippen LogP) is 3.74. The van der Waals surface area contributed by atoms with E-state index in [-0.39, 0.29) is 13.2 Å². The highest BCUT2D eigenvalue weighted by atomic mass is 32.1. The van der Waals surface area contributed by atoms with Gasteiger partial charge < -0.3 is 24.2 Å². The summed E-state index contributed by atoms with van der Waals surface area (Å²) in [7, 11) is 0. The zero-order valence-electron chi connectivity index (χ0n) is 16.3. The van der Waals surface area contributed by atoms with Gasteiger partial charge in [-0.3, -0.25) is 0 Å². The highest BCUT2D eigenvalue weighted by Gasteiger charge is 2.17. The van der Waals surface area contributed by atoms with Crippen molar-refractivity contribution in [2.75, 3.05) is 37.8 Å². The van der Waals surface area contributed by atoms with Gasteiger partial charge in [-0.15, -0.1) is 5.10 Å². The number of rotatable bonds is 8. The van der Waals surface area contributed by atoms with Gasteiger partial charge in [0.05, 0.1) is 19.8 Å². The maximum absolute atomic E-state index is 10.4. The zero-order valence-corrected chi connectivity index (χ0v) is 18.0. The molecule has 0 radical (unpaired) electrons. The van der Waals surface area contributed by atoms with Crippen molar-refractivity contribution in [3.05, 3.63) is 58.6 Å². The number of aromatic nitrogens is 2. The molecule has 30 heavy (non-hydrogen) atoms. The summed E-state index contributed by atoms with van der Waals surface area (Å²) in [6, 6.07) is 16.9. The van der Waals surface area contributed by atoms with Crippen LogP contribution >= 0.6 is 23.6 Å². The Hall–Kier alpha value is -2.46. The summed E-state index contributed by atoms with van der Waals surface area (Å²) in [5.41, 5.74) is 0. The fraction of sp³-hybridized carbons (Fsp3) is 0.333. The van der Waals surface area contributed by atoms with Crippen LogP contribution in [0.25, 0.3) is 0 Å². The Bertz CT molecular complexity index is 985. The molecule has 1 aromatic heterocycles. The Kier molecular flexibility index (Phi) is 6.96. The molecule has 1 N–H and O–H groups in total. The van der Waals surface area contributed by atoms with E-state index in [1.54, 1.807) is 4.68 Å². The molecule has 7 nitrogen and oxygen atoms in total. The van der Waals surface area contributed by atoms with Gasteiger partial charge in [0.1, 0.15) is 30.0 Å². The normalized spacial score (nSPS) is 15.0. The van der Waals surface area contributed by atoms with Gasteiger partial charge in [-0.25, -0.2) is 4.68 Å². The van der Waals surface area contributed by atoms with Crippen LogP contribution < -0.4 is 14.4 Å². The van der Waals surface area contributed by atoms with E-state index in [0.29, 0.717) is 22.9 Å². The van der Waals surface area contributed by atoms with E-state index in [4.69, 9.17) is 26.4 Å². The molecule has 0 spiro atoms. The molecule has 0 bridgehead atoms. The van der Waals surface area contributed by atoms with Gasteiger partial charge >= 0.3 is 0 Å². The van der Waals surface area contributed by atoms with E-state index >= 15 is 0 Å². The zero-order chi connectivity index (χ0) is 20.8. The van der Waals surface area contributed by atoms with Crippen LogP contribution in [-0.2, 0) is 11.3 Å². The summed E-state index contributed by atoms with van der Waals surface area (Å²) in [6.45, 7) is 3.42. The summed E-state index contributed by atoms with van der Waals surface area (Å²) < 4.78 is 19.1. The first-order chi connectivity index (χ1) is 14.7. The maximum atomic E-state index is 10.4. The molecule has 1 fully saturated rings. The summed E-state index contributed by atoms with van der Waals surface area (Å²) in [5, 5.41) is 15.8. The van der Waals surface area contributed by atoms with Crippen LogP contribution in [-0.4, -0.2) is 53.9 Å². The Morgan fingerprint density at radius 3 is 2.43 bits per heavy atom. The minimum Gasteiger partial charge on any atom is -0.491 e. The van der Waals surface area contributed by atoms with Crippen molar-refractivity contribution in [1.29, 1.82) is 0 Å². The lowest BCUT2D eigenvalue weighted by Crippen LogP contribution is -2.36. The SMILES string of the molecule is O[C@H](COc1ccc(Oc2ccccc2)cc1)Cn1nc(N2CCOCC2)sc1=S. The second-order valence-corrected chi connectivity index (χ2v) is 8.38. The quantitative estimate of drug-likeness (QED) is 0.530. The van der Waals surface area contributed by atoms with Crippen LogP contribution in [0.3, 0.4) is 0 Å². The molecule has 158 valence electrons. The van der Waals surface area contributed by atoms with Gasteiger partial charge in [0.2, 0.25) is 5.13 Å². The maximum Gasteiger partial charge on any atom is 0.207 e. The lowest BCUT2D eigenvalue weighted by molar-refractivity contribution is 0.0889. The molecule has 1 aliphatic rings. The molecule has 9 heteroatoms. The van der Waals surface area contributed by atoms with Crippen molar-refractivity contribution in [2.24, 2.45) is 0 Å². The van der Waals surface area contributed by atoms with Gasteiger partial charge in [-0.2, -0.15) is 0 Å².